The third-order valence-corrected chi connectivity index (χ3v) is 2.69. The highest BCUT2D eigenvalue weighted by Crippen LogP contribution is 2.37. The molecule has 0 saturated heterocycles. The lowest BCUT2D eigenvalue weighted by atomic mass is 10.0. The maximum atomic E-state index is 5.97. The number of anilines is 1. The smallest absolute Gasteiger partial charge is 0.127 e. The van der Waals surface area contributed by atoms with Gasteiger partial charge in [0, 0.05) is 5.56 Å². The number of fused-ring (bicyclic) bond motifs is 1. The lowest BCUT2D eigenvalue weighted by molar-refractivity contribution is 0.287. The first-order chi connectivity index (χ1) is 6.20. The summed E-state index contributed by atoms with van der Waals surface area (Å²) < 4.78 is 5.55. The molecule has 2 N–H and O–H groups in total. The minimum absolute atomic E-state index is 0.641. The molecular formula is C10H12ClNO. The maximum absolute atomic E-state index is 5.97. The molecule has 0 aromatic heterocycles. The molecular weight excluding hydrogens is 186 g/mol. The van der Waals surface area contributed by atoms with Crippen molar-refractivity contribution in [3.8, 4) is 5.75 Å². The summed E-state index contributed by atoms with van der Waals surface area (Å²) in [6.45, 7) is 2.78. The van der Waals surface area contributed by atoms with Crippen LogP contribution in [-0.4, -0.2) is 6.61 Å². The van der Waals surface area contributed by atoms with Crippen LogP contribution < -0.4 is 10.5 Å². The van der Waals surface area contributed by atoms with E-state index in [0.717, 1.165) is 36.3 Å². The number of benzene rings is 1. The molecule has 1 aliphatic heterocycles. The zero-order chi connectivity index (χ0) is 9.42. The Morgan fingerprint density at radius 2 is 2.31 bits per heavy atom. The zero-order valence-corrected chi connectivity index (χ0v) is 8.32. The number of hydrogen-bond donors (Lipinski definition) is 1. The molecule has 2 rings (SSSR count). The molecule has 0 atom stereocenters. The van der Waals surface area contributed by atoms with Crippen LogP contribution in [0.2, 0.25) is 5.02 Å². The molecule has 1 aromatic rings. The number of rotatable bonds is 0. The molecule has 0 saturated carbocycles. The summed E-state index contributed by atoms with van der Waals surface area (Å²) >= 11 is 5.97. The first-order valence-electron chi connectivity index (χ1n) is 4.40. The van der Waals surface area contributed by atoms with E-state index in [0.29, 0.717) is 10.7 Å². The highest BCUT2D eigenvalue weighted by atomic mass is 35.5. The number of hydrogen-bond acceptors (Lipinski definition) is 2. The number of nitrogens with two attached hydrogens (primary N) is 1. The average molecular weight is 198 g/mol. The molecule has 1 aliphatic rings. The van der Waals surface area contributed by atoms with Gasteiger partial charge in [0.25, 0.3) is 0 Å². The molecule has 0 amide bonds. The Morgan fingerprint density at radius 1 is 1.54 bits per heavy atom. The van der Waals surface area contributed by atoms with Gasteiger partial charge in [0.1, 0.15) is 5.75 Å². The summed E-state index contributed by atoms with van der Waals surface area (Å²) in [5.74, 6) is 0.938. The van der Waals surface area contributed by atoms with Gasteiger partial charge in [-0.2, -0.15) is 0 Å². The van der Waals surface area contributed by atoms with Crippen molar-refractivity contribution in [1.82, 2.24) is 0 Å². The van der Waals surface area contributed by atoms with Crippen LogP contribution >= 0.6 is 11.6 Å². The third kappa shape index (κ3) is 1.35. The molecule has 0 radical (unpaired) electrons. The average Bonchev–Trinajstić information content (AvgIpc) is 2.15. The highest BCUT2D eigenvalue weighted by Gasteiger charge is 2.17. The van der Waals surface area contributed by atoms with Crippen molar-refractivity contribution in [3.63, 3.8) is 0 Å². The van der Waals surface area contributed by atoms with E-state index >= 15 is 0 Å². The van der Waals surface area contributed by atoms with Crippen LogP contribution in [0.25, 0.3) is 0 Å². The van der Waals surface area contributed by atoms with Crippen molar-refractivity contribution >= 4 is 17.3 Å². The van der Waals surface area contributed by atoms with Crippen LogP contribution in [0, 0.1) is 6.92 Å². The van der Waals surface area contributed by atoms with Gasteiger partial charge in [-0.3, -0.25) is 0 Å². The van der Waals surface area contributed by atoms with Gasteiger partial charge in [0.2, 0.25) is 0 Å². The van der Waals surface area contributed by atoms with Gasteiger partial charge in [0.15, 0.2) is 0 Å². The molecule has 0 aliphatic carbocycles. The molecule has 13 heavy (non-hydrogen) atoms. The summed E-state index contributed by atoms with van der Waals surface area (Å²) in [5, 5.41) is 0.641. The Hall–Kier alpha value is -0.890. The van der Waals surface area contributed by atoms with Gasteiger partial charge in [-0.15, -0.1) is 0 Å². The molecule has 1 aromatic carbocycles. The molecule has 0 unspecified atom stereocenters. The zero-order valence-electron chi connectivity index (χ0n) is 7.56. The Bertz CT molecular complexity index is 349. The minimum atomic E-state index is 0.641. The Labute approximate surface area is 82.6 Å². The van der Waals surface area contributed by atoms with Gasteiger partial charge in [-0.1, -0.05) is 11.6 Å². The van der Waals surface area contributed by atoms with E-state index in [1.807, 2.05) is 13.0 Å². The highest BCUT2D eigenvalue weighted by molar-refractivity contribution is 6.33. The summed E-state index contributed by atoms with van der Waals surface area (Å²) in [5.41, 5.74) is 8.70. The second kappa shape index (κ2) is 3.11. The summed E-state index contributed by atoms with van der Waals surface area (Å²) in [7, 11) is 0. The van der Waals surface area contributed by atoms with E-state index in [2.05, 4.69) is 0 Å². The van der Waals surface area contributed by atoms with Crippen LogP contribution in [0.5, 0.6) is 5.75 Å². The molecule has 1 heterocycles. The first-order valence-corrected chi connectivity index (χ1v) is 4.78. The van der Waals surface area contributed by atoms with Crippen LogP contribution in [-0.2, 0) is 6.42 Å². The Kier molecular flexibility index (Phi) is 2.08. The van der Waals surface area contributed by atoms with Crippen molar-refractivity contribution in [2.24, 2.45) is 0 Å². The third-order valence-electron chi connectivity index (χ3n) is 2.38. The summed E-state index contributed by atoms with van der Waals surface area (Å²) in [6, 6.07) is 1.86. The van der Waals surface area contributed by atoms with Crippen molar-refractivity contribution in [2.45, 2.75) is 19.8 Å². The fraction of sp³-hybridized carbons (Fsp3) is 0.400. The lowest BCUT2D eigenvalue weighted by Gasteiger charge is -2.21. The van der Waals surface area contributed by atoms with Gasteiger partial charge in [-0.25, -0.2) is 0 Å². The largest absolute Gasteiger partial charge is 0.493 e. The Balaban J connectivity index is 2.63. The minimum Gasteiger partial charge on any atom is -0.493 e. The molecule has 3 heteroatoms. The van der Waals surface area contributed by atoms with Crippen LogP contribution in [0.3, 0.4) is 0 Å². The predicted octanol–water partition coefficient (Wildman–Crippen LogP) is 2.56. The Morgan fingerprint density at radius 3 is 3.08 bits per heavy atom. The van der Waals surface area contributed by atoms with E-state index in [4.69, 9.17) is 22.1 Å². The SMILES string of the molecule is Cc1cc(Cl)c(N)c2c1OCCC2. The number of halogens is 1. The second-order valence-electron chi connectivity index (χ2n) is 3.35. The van der Waals surface area contributed by atoms with Gasteiger partial charge >= 0.3 is 0 Å². The molecule has 70 valence electrons. The van der Waals surface area contributed by atoms with Crippen LogP contribution in [0.4, 0.5) is 5.69 Å². The summed E-state index contributed by atoms with van der Waals surface area (Å²) in [6.07, 6.45) is 2.00. The van der Waals surface area contributed by atoms with Crippen LogP contribution in [0.15, 0.2) is 6.07 Å². The van der Waals surface area contributed by atoms with E-state index < -0.39 is 0 Å². The topological polar surface area (TPSA) is 35.2 Å². The number of nitrogen functional groups attached to an aromatic ring is 1. The van der Waals surface area contributed by atoms with Gasteiger partial charge in [-0.05, 0) is 31.4 Å². The number of aryl methyl sites for hydroxylation is 1. The van der Waals surface area contributed by atoms with Gasteiger partial charge < -0.3 is 10.5 Å². The van der Waals surface area contributed by atoms with E-state index in [1.54, 1.807) is 0 Å². The predicted molar refractivity (Wildman–Crippen MR) is 54.4 cm³/mol. The van der Waals surface area contributed by atoms with E-state index in [-0.39, 0.29) is 0 Å². The van der Waals surface area contributed by atoms with Crippen molar-refractivity contribution < 1.29 is 4.74 Å². The quantitative estimate of drug-likeness (QED) is 0.649. The van der Waals surface area contributed by atoms with Crippen molar-refractivity contribution in [2.75, 3.05) is 12.3 Å². The maximum Gasteiger partial charge on any atom is 0.127 e. The normalized spacial score (nSPS) is 14.9. The van der Waals surface area contributed by atoms with Crippen LogP contribution in [0.1, 0.15) is 17.5 Å². The van der Waals surface area contributed by atoms with E-state index in [1.165, 1.54) is 0 Å². The second-order valence-corrected chi connectivity index (χ2v) is 3.76. The standard InChI is InChI=1S/C10H12ClNO/c1-6-5-8(11)9(12)7-3-2-4-13-10(6)7/h5H,2-4,12H2,1H3. The molecule has 0 bridgehead atoms. The molecule has 0 fully saturated rings. The van der Waals surface area contributed by atoms with Crippen molar-refractivity contribution in [3.05, 3.63) is 22.2 Å². The van der Waals surface area contributed by atoms with Crippen molar-refractivity contribution in [1.29, 1.82) is 0 Å². The summed E-state index contributed by atoms with van der Waals surface area (Å²) in [4.78, 5) is 0. The molecule has 0 spiro atoms. The number of ether oxygens (including phenoxy) is 1. The lowest BCUT2D eigenvalue weighted by Crippen LogP contribution is -2.12. The monoisotopic (exact) mass is 197 g/mol. The van der Waals surface area contributed by atoms with E-state index in [9.17, 15) is 0 Å². The fourth-order valence-electron chi connectivity index (χ4n) is 1.71. The molecule has 2 nitrogen and oxygen atoms in total. The van der Waals surface area contributed by atoms with Gasteiger partial charge in [0.05, 0.1) is 17.3 Å². The fourth-order valence-corrected chi connectivity index (χ4v) is 1.99. The first kappa shape index (κ1) is 8.70.